The molecule has 0 spiro atoms. The number of methoxy groups -OCH3 is 1. The van der Waals surface area contributed by atoms with E-state index in [4.69, 9.17) is 4.74 Å². The van der Waals surface area contributed by atoms with Gasteiger partial charge in [0.05, 0.1) is 18.1 Å². The van der Waals surface area contributed by atoms with Crippen LogP contribution in [0, 0.1) is 0 Å². The van der Waals surface area contributed by atoms with Crippen molar-refractivity contribution in [2.24, 2.45) is 0 Å². The van der Waals surface area contributed by atoms with Crippen LogP contribution in [-0.4, -0.2) is 36.6 Å². The summed E-state index contributed by atoms with van der Waals surface area (Å²) in [6.45, 7) is 1.46. The van der Waals surface area contributed by atoms with Crippen LogP contribution in [0.4, 0.5) is 11.6 Å². The molecule has 82 valence electrons. The molecule has 1 rings (SSSR count). The molecule has 1 heterocycles. The first-order valence-corrected chi connectivity index (χ1v) is 4.62. The Morgan fingerprint density at radius 1 is 1.47 bits per heavy atom. The summed E-state index contributed by atoms with van der Waals surface area (Å²) in [4.78, 5) is 18.1. The quantitative estimate of drug-likeness (QED) is 0.506. The second kappa shape index (κ2) is 6.72. The van der Waals surface area contributed by atoms with Gasteiger partial charge in [0.2, 0.25) is 12.4 Å². The van der Waals surface area contributed by atoms with E-state index in [0.29, 0.717) is 24.7 Å². The maximum Gasteiger partial charge on any atom is 0.222 e. The molecule has 1 aromatic rings. The van der Waals surface area contributed by atoms with Crippen LogP contribution in [0.25, 0.3) is 0 Å². The first-order valence-electron chi connectivity index (χ1n) is 4.62. The number of rotatable bonds is 7. The van der Waals surface area contributed by atoms with Gasteiger partial charge < -0.3 is 15.4 Å². The number of anilines is 2. The van der Waals surface area contributed by atoms with Crippen molar-refractivity contribution in [2.45, 2.75) is 6.42 Å². The maximum absolute atomic E-state index is 10.1. The molecule has 0 radical (unpaired) electrons. The zero-order valence-corrected chi connectivity index (χ0v) is 8.56. The summed E-state index contributed by atoms with van der Waals surface area (Å²) in [6, 6.07) is 0. The lowest BCUT2D eigenvalue weighted by atomic mass is 10.4. The van der Waals surface area contributed by atoms with E-state index in [1.807, 2.05) is 0 Å². The van der Waals surface area contributed by atoms with E-state index in [1.54, 1.807) is 19.5 Å². The lowest BCUT2D eigenvalue weighted by molar-refractivity contribution is -0.105. The molecular formula is C9H14N4O2. The van der Waals surface area contributed by atoms with Crippen molar-refractivity contribution in [1.82, 2.24) is 9.97 Å². The zero-order chi connectivity index (χ0) is 10.9. The molecule has 1 aromatic heterocycles. The molecule has 0 bridgehead atoms. The third-order valence-electron chi connectivity index (χ3n) is 1.69. The maximum atomic E-state index is 10.1. The number of hydrogen-bond donors (Lipinski definition) is 2. The molecule has 0 atom stereocenters. The van der Waals surface area contributed by atoms with Crippen LogP contribution >= 0.6 is 0 Å². The van der Waals surface area contributed by atoms with Crippen LogP contribution in [0.5, 0.6) is 0 Å². The third-order valence-corrected chi connectivity index (χ3v) is 1.69. The van der Waals surface area contributed by atoms with Crippen LogP contribution in [0.15, 0.2) is 12.4 Å². The standard InChI is InChI=1S/C9H14N4O2/c1-15-4-2-3-10-9-11-5-8(6-12-9)13-7-14/h5-7H,2-4H2,1H3,(H,13,14)(H,10,11,12). The molecule has 0 aromatic carbocycles. The van der Waals surface area contributed by atoms with Crippen molar-refractivity contribution in [1.29, 1.82) is 0 Å². The van der Waals surface area contributed by atoms with E-state index < -0.39 is 0 Å². The molecule has 2 N–H and O–H groups in total. The Morgan fingerprint density at radius 2 is 2.20 bits per heavy atom. The van der Waals surface area contributed by atoms with Gasteiger partial charge in [0.25, 0.3) is 0 Å². The Morgan fingerprint density at radius 3 is 2.80 bits per heavy atom. The number of ether oxygens (including phenoxy) is 1. The average molecular weight is 210 g/mol. The van der Waals surface area contributed by atoms with Gasteiger partial charge in [0.15, 0.2) is 0 Å². The molecule has 0 aliphatic rings. The number of carbonyl (C=O) groups is 1. The van der Waals surface area contributed by atoms with Gasteiger partial charge in [0, 0.05) is 20.3 Å². The van der Waals surface area contributed by atoms with Gasteiger partial charge in [-0.25, -0.2) is 9.97 Å². The summed E-state index contributed by atoms with van der Waals surface area (Å²) in [5, 5.41) is 5.49. The van der Waals surface area contributed by atoms with Crippen molar-refractivity contribution in [3.8, 4) is 0 Å². The van der Waals surface area contributed by atoms with Crippen LogP contribution in [0.2, 0.25) is 0 Å². The van der Waals surface area contributed by atoms with Gasteiger partial charge >= 0.3 is 0 Å². The summed E-state index contributed by atoms with van der Waals surface area (Å²) in [5.74, 6) is 0.544. The number of nitrogens with zero attached hydrogens (tertiary/aromatic N) is 2. The van der Waals surface area contributed by atoms with E-state index in [1.165, 1.54) is 0 Å². The lowest BCUT2D eigenvalue weighted by Gasteiger charge is -2.04. The minimum Gasteiger partial charge on any atom is -0.385 e. The first kappa shape index (κ1) is 11.4. The van der Waals surface area contributed by atoms with Gasteiger partial charge in [0.1, 0.15) is 0 Å². The summed E-state index contributed by atoms with van der Waals surface area (Å²) in [7, 11) is 1.66. The fourth-order valence-electron chi connectivity index (χ4n) is 0.979. The van der Waals surface area contributed by atoms with Gasteiger partial charge in [-0.1, -0.05) is 0 Å². The van der Waals surface area contributed by atoms with Crippen molar-refractivity contribution in [3.63, 3.8) is 0 Å². The second-order valence-electron chi connectivity index (χ2n) is 2.83. The minimum atomic E-state index is 0.544. The zero-order valence-electron chi connectivity index (χ0n) is 8.56. The number of nitrogens with one attached hydrogen (secondary N) is 2. The van der Waals surface area contributed by atoms with Gasteiger partial charge in [-0.15, -0.1) is 0 Å². The largest absolute Gasteiger partial charge is 0.385 e. The average Bonchev–Trinajstić information content (AvgIpc) is 2.27. The fourth-order valence-corrected chi connectivity index (χ4v) is 0.979. The number of carbonyl (C=O) groups excluding carboxylic acids is 1. The smallest absolute Gasteiger partial charge is 0.222 e. The number of amides is 1. The summed E-state index contributed by atoms with van der Waals surface area (Å²) >= 11 is 0. The highest BCUT2D eigenvalue weighted by Gasteiger charge is 1.95. The molecule has 0 aliphatic carbocycles. The van der Waals surface area contributed by atoms with Crippen molar-refractivity contribution >= 4 is 18.0 Å². The Kier molecular flexibility index (Phi) is 5.10. The molecule has 1 amide bonds. The second-order valence-corrected chi connectivity index (χ2v) is 2.83. The molecule has 15 heavy (non-hydrogen) atoms. The molecule has 6 nitrogen and oxygen atoms in total. The lowest BCUT2D eigenvalue weighted by Crippen LogP contribution is -2.07. The third kappa shape index (κ3) is 4.37. The minimum absolute atomic E-state index is 0.544. The Hall–Kier alpha value is -1.69. The van der Waals surface area contributed by atoms with Crippen LogP contribution in [-0.2, 0) is 9.53 Å². The molecule has 6 heteroatoms. The first-order chi connectivity index (χ1) is 7.36. The molecule has 0 unspecified atom stereocenters. The van der Waals surface area contributed by atoms with E-state index >= 15 is 0 Å². The normalized spacial score (nSPS) is 9.67. The highest BCUT2D eigenvalue weighted by Crippen LogP contribution is 2.03. The highest BCUT2D eigenvalue weighted by molar-refractivity contribution is 5.70. The van der Waals surface area contributed by atoms with Crippen molar-refractivity contribution in [2.75, 3.05) is 30.9 Å². The van der Waals surface area contributed by atoms with E-state index in [0.717, 1.165) is 13.0 Å². The Balaban J connectivity index is 2.32. The van der Waals surface area contributed by atoms with Gasteiger partial charge in [-0.05, 0) is 6.42 Å². The SMILES string of the molecule is COCCCNc1ncc(NC=O)cn1. The summed E-state index contributed by atoms with van der Waals surface area (Å²) in [6.07, 6.45) is 4.57. The van der Waals surface area contributed by atoms with Crippen LogP contribution in [0.3, 0.4) is 0 Å². The monoisotopic (exact) mass is 210 g/mol. The van der Waals surface area contributed by atoms with Gasteiger partial charge in [-0.3, -0.25) is 4.79 Å². The van der Waals surface area contributed by atoms with E-state index in [-0.39, 0.29) is 0 Å². The molecule has 0 fully saturated rings. The number of aromatic nitrogens is 2. The predicted molar refractivity (Wildman–Crippen MR) is 56.7 cm³/mol. The molecule has 0 saturated heterocycles. The highest BCUT2D eigenvalue weighted by atomic mass is 16.5. The summed E-state index contributed by atoms with van der Waals surface area (Å²) in [5.41, 5.74) is 0.576. The van der Waals surface area contributed by atoms with Crippen LogP contribution in [0.1, 0.15) is 6.42 Å². The molecule has 0 saturated carbocycles. The Labute approximate surface area is 88.1 Å². The summed E-state index contributed by atoms with van der Waals surface area (Å²) < 4.78 is 4.90. The van der Waals surface area contributed by atoms with Gasteiger partial charge in [-0.2, -0.15) is 0 Å². The van der Waals surface area contributed by atoms with Crippen molar-refractivity contribution < 1.29 is 9.53 Å². The predicted octanol–water partition coefficient (Wildman–Crippen LogP) is 0.493. The topological polar surface area (TPSA) is 76.1 Å². The van der Waals surface area contributed by atoms with E-state index in [2.05, 4.69) is 20.6 Å². The molecule has 0 aliphatic heterocycles. The van der Waals surface area contributed by atoms with E-state index in [9.17, 15) is 4.79 Å². The van der Waals surface area contributed by atoms with Crippen molar-refractivity contribution in [3.05, 3.63) is 12.4 Å². The van der Waals surface area contributed by atoms with Crippen LogP contribution < -0.4 is 10.6 Å². The fraction of sp³-hybridized carbons (Fsp3) is 0.444. The number of hydrogen-bond acceptors (Lipinski definition) is 5. The Bertz CT molecular complexity index is 289. The molecular weight excluding hydrogens is 196 g/mol.